The molecule has 0 aromatic rings. The van der Waals surface area contributed by atoms with Crippen LogP contribution in [0.4, 0.5) is 0 Å². The summed E-state index contributed by atoms with van der Waals surface area (Å²) in [6.07, 6.45) is 17.4. The van der Waals surface area contributed by atoms with Gasteiger partial charge in [0, 0.05) is 17.7 Å². The number of hydrogen-bond acceptors (Lipinski definition) is 3. The summed E-state index contributed by atoms with van der Waals surface area (Å²) >= 11 is 5.30. The van der Waals surface area contributed by atoms with Gasteiger partial charge in [-0.2, -0.15) is 0 Å². The monoisotopic (exact) mass is 410 g/mol. The average molecular weight is 411 g/mol. The van der Waals surface area contributed by atoms with Gasteiger partial charge in [-0.1, -0.05) is 55.9 Å². The van der Waals surface area contributed by atoms with Crippen molar-refractivity contribution in [3.63, 3.8) is 0 Å². The Morgan fingerprint density at radius 2 is 1.83 bits per heavy atom. The molecule has 1 atom stereocenters. The van der Waals surface area contributed by atoms with Gasteiger partial charge in [-0.3, -0.25) is 4.79 Å². The fourth-order valence-corrected chi connectivity index (χ4v) is 3.73. The van der Waals surface area contributed by atoms with Crippen LogP contribution in [-0.4, -0.2) is 22.0 Å². The number of Topliss-reactive ketones (excluding diaryl/α,β-unsaturated/α-hetero) is 1. The van der Waals surface area contributed by atoms with Crippen LogP contribution in [0.25, 0.3) is 0 Å². The van der Waals surface area contributed by atoms with Crippen LogP contribution in [0.3, 0.4) is 0 Å². The Morgan fingerprint density at radius 1 is 1.14 bits per heavy atom. The standard InChI is InChI=1S/C22H24N2O2S.C2H6/c1-14-7-3-4-8-16(11-14)12-19(26)20-15(2)23-22(27)24-21(20)17-9-5-6-10-18(25)13-17;1-2/h3,6-11,13,21,25H,4-5,12H2,1-2H3,(H2,23,24,27);1-2H3. The number of aliphatic hydroxyl groups excluding tert-OH is 1. The van der Waals surface area contributed by atoms with Crippen molar-refractivity contribution < 1.29 is 9.90 Å². The number of nitrogens with one attached hydrogen (secondary N) is 2. The first-order chi connectivity index (χ1) is 13.9. The molecule has 4 nitrogen and oxygen atoms in total. The van der Waals surface area contributed by atoms with Gasteiger partial charge in [-0.05, 0) is 62.2 Å². The van der Waals surface area contributed by atoms with Crippen molar-refractivity contribution in [2.45, 2.75) is 53.0 Å². The second kappa shape index (κ2) is 10.8. The topological polar surface area (TPSA) is 61.4 Å². The fourth-order valence-electron chi connectivity index (χ4n) is 3.46. The quantitative estimate of drug-likeness (QED) is 0.552. The minimum absolute atomic E-state index is 0.0446. The number of carbonyl (C=O) groups excluding carboxylic acids is 1. The van der Waals surface area contributed by atoms with E-state index in [4.69, 9.17) is 12.2 Å². The van der Waals surface area contributed by atoms with E-state index in [2.05, 4.69) is 34.9 Å². The van der Waals surface area contributed by atoms with Crippen LogP contribution >= 0.6 is 12.2 Å². The molecule has 3 aliphatic rings. The second-order valence-corrected chi connectivity index (χ2v) is 7.30. The molecular formula is C24H30N2O2S. The Kier molecular flexibility index (Phi) is 8.40. The lowest BCUT2D eigenvalue weighted by atomic mass is 9.89. The predicted octanol–water partition coefficient (Wildman–Crippen LogP) is 5.25. The van der Waals surface area contributed by atoms with E-state index in [-0.39, 0.29) is 17.6 Å². The lowest BCUT2D eigenvalue weighted by Gasteiger charge is -2.31. The molecular weight excluding hydrogens is 380 g/mol. The Hall–Kier alpha value is -2.66. The number of allylic oxidation sites excluding steroid dienone is 10. The van der Waals surface area contributed by atoms with Crippen LogP contribution in [0.5, 0.6) is 0 Å². The number of hydrogen-bond donors (Lipinski definition) is 3. The highest BCUT2D eigenvalue weighted by atomic mass is 32.1. The van der Waals surface area contributed by atoms with Crippen LogP contribution in [0.2, 0.25) is 0 Å². The van der Waals surface area contributed by atoms with E-state index in [1.807, 2.05) is 39.8 Å². The average Bonchev–Trinajstić information content (AvgIpc) is 3.02. The Labute approximate surface area is 179 Å². The summed E-state index contributed by atoms with van der Waals surface area (Å²) in [5, 5.41) is 16.7. The van der Waals surface area contributed by atoms with Crippen LogP contribution in [0.1, 0.15) is 47.0 Å². The highest BCUT2D eigenvalue weighted by molar-refractivity contribution is 7.80. The number of carbonyl (C=O) groups is 1. The van der Waals surface area contributed by atoms with Gasteiger partial charge in [0.2, 0.25) is 0 Å². The predicted molar refractivity (Wildman–Crippen MR) is 124 cm³/mol. The molecule has 0 spiro atoms. The largest absolute Gasteiger partial charge is 0.508 e. The summed E-state index contributed by atoms with van der Waals surface area (Å²) in [7, 11) is 0. The third-order valence-electron chi connectivity index (χ3n) is 4.67. The van der Waals surface area contributed by atoms with E-state index in [0.717, 1.165) is 28.8 Å². The molecule has 5 heteroatoms. The molecule has 1 heterocycles. The van der Waals surface area contributed by atoms with Gasteiger partial charge in [0.15, 0.2) is 10.9 Å². The fraction of sp³-hybridized carbons (Fsp3) is 0.333. The lowest BCUT2D eigenvalue weighted by Crippen LogP contribution is -2.50. The van der Waals surface area contributed by atoms with Crippen molar-refractivity contribution in [1.29, 1.82) is 0 Å². The molecule has 1 unspecified atom stereocenters. The highest BCUT2D eigenvalue weighted by Crippen LogP contribution is 2.26. The summed E-state index contributed by atoms with van der Waals surface area (Å²) in [5.41, 5.74) is 4.41. The van der Waals surface area contributed by atoms with Crippen molar-refractivity contribution >= 4 is 23.1 Å². The van der Waals surface area contributed by atoms with Crippen molar-refractivity contribution in [3.8, 4) is 0 Å². The number of ketones is 1. The number of aliphatic hydroxyl groups is 1. The van der Waals surface area contributed by atoms with Gasteiger partial charge in [0.1, 0.15) is 5.76 Å². The van der Waals surface area contributed by atoms with E-state index in [1.54, 1.807) is 12.2 Å². The summed E-state index contributed by atoms with van der Waals surface area (Å²) in [5.74, 6) is 0.216. The summed E-state index contributed by atoms with van der Waals surface area (Å²) in [6, 6.07) is -0.372. The van der Waals surface area contributed by atoms with Gasteiger partial charge in [-0.15, -0.1) is 0 Å². The summed E-state index contributed by atoms with van der Waals surface area (Å²) in [6.45, 7) is 7.91. The maximum atomic E-state index is 13.2. The maximum absolute atomic E-state index is 13.2. The SMILES string of the molecule is CC.CC1=CC(CC(=O)C2=C(C)NC(=S)NC2C2=CCC=CC(O)=C2)=CCC=C1. The minimum Gasteiger partial charge on any atom is -0.508 e. The van der Waals surface area contributed by atoms with E-state index in [1.165, 1.54) is 0 Å². The van der Waals surface area contributed by atoms with Gasteiger partial charge >= 0.3 is 0 Å². The lowest BCUT2D eigenvalue weighted by molar-refractivity contribution is -0.115. The molecule has 0 saturated carbocycles. The third kappa shape index (κ3) is 6.16. The highest BCUT2D eigenvalue weighted by Gasteiger charge is 2.30. The number of thiocarbonyl (C=S) groups is 1. The molecule has 1 aliphatic heterocycles. The molecule has 0 fully saturated rings. The van der Waals surface area contributed by atoms with E-state index < -0.39 is 0 Å². The Bertz CT molecular complexity index is 883. The van der Waals surface area contributed by atoms with Crippen LogP contribution < -0.4 is 10.6 Å². The van der Waals surface area contributed by atoms with Crippen LogP contribution in [0.15, 0.2) is 82.4 Å². The zero-order chi connectivity index (χ0) is 21.4. The molecule has 29 heavy (non-hydrogen) atoms. The number of rotatable bonds is 4. The van der Waals surface area contributed by atoms with Gasteiger partial charge < -0.3 is 15.7 Å². The maximum Gasteiger partial charge on any atom is 0.171 e. The van der Waals surface area contributed by atoms with Gasteiger partial charge in [0.05, 0.1) is 6.04 Å². The van der Waals surface area contributed by atoms with Gasteiger partial charge in [0.25, 0.3) is 0 Å². The first-order valence-corrected chi connectivity index (χ1v) is 10.5. The van der Waals surface area contributed by atoms with E-state index in [0.29, 0.717) is 23.5 Å². The molecule has 3 N–H and O–H groups in total. The van der Waals surface area contributed by atoms with Gasteiger partial charge in [-0.25, -0.2) is 0 Å². The molecule has 0 aromatic carbocycles. The van der Waals surface area contributed by atoms with Crippen molar-refractivity contribution in [3.05, 3.63) is 82.4 Å². The molecule has 0 saturated heterocycles. The van der Waals surface area contributed by atoms with E-state index >= 15 is 0 Å². The molecule has 154 valence electrons. The normalized spacial score (nSPS) is 21.2. The Morgan fingerprint density at radius 3 is 2.59 bits per heavy atom. The zero-order valence-electron chi connectivity index (χ0n) is 17.6. The molecule has 0 radical (unpaired) electrons. The molecule has 0 amide bonds. The van der Waals surface area contributed by atoms with Crippen LogP contribution in [0, 0.1) is 0 Å². The zero-order valence-corrected chi connectivity index (χ0v) is 18.4. The molecule has 0 aromatic heterocycles. The minimum atomic E-state index is -0.372. The summed E-state index contributed by atoms with van der Waals surface area (Å²) in [4.78, 5) is 13.2. The van der Waals surface area contributed by atoms with Crippen molar-refractivity contribution in [1.82, 2.24) is 10.6 Å². The second-order valence-electron chi connectivity index (χ2n) is 6.89. The van der Waals surface area contributed by atoms with Crippen LogP contribution in [-0.2, 0) is 4.79 Å². The smallest absolute Gasteiger partial charge is 0.171 e. The molecule has 0 bridgehead atoms. The summed E-state index contributed by atoms with van der Waals surface area (Å²) < 4.78 is 0. The first kappa shape index (κ1) is 22.6. The molecule has 2 aliphatic carbocycles. The van der Waals surface area contributed by atoms with Crippen molar-refractivity contribution in [2.75, 3.05) is 0 Å². The molecule has 3 rings (SSSR count). The first-order valence-electron chi connectivity index (χ1n) is 10.1. The Balaban J connectivity index is 0.00000145. The van der Waals surface area contributed by atoms with E-state index in [9.17, 15) is 9.90 Å². The van der Waals surface area contributed by atoms with Crippen molar-refractivity contribution in [2.24, 2.45) is 0 Å². The third-order valence-corrected chi connectivity index (χ3v) is 4.89.